The number of hydrogen-bond acceptors (Lipinski definition) is 1. The Morgan fingerprint density at radius 2 is 1.95 bits per heavy atom. The van der Waals surface area contributed by atoms with E-state index in [1.54, 1.807) is 24.3 Å². The average molecular weight is 276 g/mol. The minimum Gasteiger partial charge on any atom is -0.322 e. The highest BCUT2D eigenvalue weighted by atomic mass is 35.5. The number of rotatable bonds is 3. The molecule has 0 aromatic heterocycles. The Bertz CT molecular complexity index is 625. The van der Waals surface area contributed by atoms with Crippen molar-refractivity contribution in [1.29, 1.82) is 0 Å². The predicted molar refractivity (Wildman–Crippen MR) is 75.5 cm³/mol. The zero-order valence-corrected chi connectivity index (χ0v) is 10.7. The van der Waals surface area contributed by atoms with Crippen LogP contribution in [0.5, 0.6) is 0 Å². The summed E-state index contributed by atoms with van der Waals surface area (Å²) >= 11 is 5.96. The zero-order valence-electron chi connectivity index (χ0n) is 9.94. The summed E-state index contributed by atoms with van der Waals surface area (Å²) in [7, 11) is 0. The van der Waals surface area contributed by atoms with Crippen LogP contribution in [-0.2, 0) is 4.79 Å². The van der Waals surface area contributed by atoms with Crippen LogP contribution < -0.4 is 5.32 Å². The summed E-state index contributed by atoms with van der Waals surface area (Å²) in [4.78, 5) is 11.6. The zero-order chi connectivity index (χ0) is 13.7. The fourth-order valence-corrected chi connectivity index (χ4v) is 1.72. The van der Waals surface area contributed by atoms with E-state index in [0.29, 0.717) is 10.7 Å². The molecular formula is C15H11ClFNO. The van der Waals surface area contributed by atoms with Crippen molar-refractivity contribution in [2.24, 2.45) is 0 Å². The van der Waals surface area contributed by atoms with E-state index in [1.807, 2.05) is 12.1 Å². The molecule has 2 rings (SSSR count). The minimum atomic E-state index is -0.395. The molecule has 19 heavy (non-hydrogen) atoms. The van der Waals surface area contributed by atoms with Gasteiger partial charge in [-0.2, -0.15) is 0 Å². The first-order chi connectivity index (χ1) is 9.15. The summed E-state index contributed by atoms with van der Waals surface area (Å²) in [5.41, 5.74) is 1.16. The Hall–Kier alpha value is -2.13. The molecule has 0 unspecified atom stereocenters. The van der Waals surface area contributed by atoms with Crippen LogP contribution in [0.15, 0.2) is 54.6 Å². The molecule has 2 aromatic rings. The predicted octanol–water partition coefficient (Wildman–Crippen LogP) is 4.13. The van der Waals surface area contributed by atoms with Gasteiger partial charge in [-0.25, -0.2) is 4.39 Å². The number of amides is 1. The van der Waals surface area contributed by atoms with E-state index < -0.39 is 5.82 Å². The maximum Gasteiger partial charge on any atom is 0.248 e. The van der Waals surface area contributed by atoms with Crippen LogP contribution in [0.25, 0.3) is 6.08 Å². The number of anilines is 1. The second kappa shape index (κ2) is 6.16. The average Bonchev–Trinajstić information content (AvgIpc) is 2.38. The molecule has 0 saturated carbocycles. The van der Waals surface area contributed by atoms with Crippen LogP contribution in [0.3, 0.4) is 0 Å². The number of benzene rings is 2. The normalized spacial score (nSPS) is 10.6. The molecule has 2 aromatic carbocycles. The summed E-state index contributed by atoms with van der Waals surface area (Å²) in [5, 5.41) is 3.13. The van der Waals surface area contributed by atoms with Gasteiger partial charge in [0.05, 0.1) is 0 Å². The van der Waals surface area contributed by atoms with Crippen molar-refractivity contribution in [1.82, 2.24) is 0 Å². The van der Waals surface area contributed by atoms with Gasteiger partial charge in [0.15, 0.2) is 0 Å². The first-order valence-corrected chi connectivity index (χ1v) is 6.02. The van der Waals surface area contributed by atoms with Gasteiger partial charge >= 0.3 is 0 Å². The highest BCUT2D eigenvalue weighted by molar-refractivity contribution is 6.32. The number of carbonyl (C=O) groups is 1. The third-order valence-corrected chi connectivity index (χ3v) is 2.76. The summed E-state index contributed by atoms with van der Waals surface area (Å²) < 4.78 is 12.9. The standard InChI is InChI=1S/C15H11ClFNO/c16-14-7-2-1-4-11(14)8-9-15(19)18-13-6-3-5-12(17)10-13/h1-10H,(H,18,19). The van der Waals surface area contributed by atoms with Crippen LogP contribution in [0.1, 0.15) is 5.56 Å². The minimum absolute atomic E-state index is 0.342. The fourth-order valence-electron chi connectivity index (χ4n) is 1.53. The number of nitrogens with one attached hydrogen (secondary N) is 1. The topological polar surface area (TPSA) is 29.1 Å². The van der Waals surface area contributed by atoms with E-state index in [0.717, 1.165) is 5.56 Å². The van der Waals surface area contributed by atoms with Gasteiger partial charge in [0, 0.05) is 16.8 Å². The van der Waals surface area contributed by atoms with Gasteiger partial charge in [0.1, 0.15) is 5.82 Å². The smallest absolute Gasteiger partial charge is 0.248 e. The van der Waals surface area contributed by atoms with Crippen LogP contribution in [0.2, 0.25) is 5.02 Å². The van der Waals surface area contributed by atoms with Crippen molar-refractivity contribution in [2.45, 2.75) is 0 Å². The molecule has 2 nitrogen and oxygen atoms in total. The van der Waals surface area contributed by atoms with Crippen molar-refractivity contribution >= 4 is 29.3 Å². The Balaban J connectivity index is 2.04. The molecule has 0 spiro atoms. The molecule has 4 heteroatoms. The summed E-state index contributed by atoms with van der Waals surface area (Å²) in [5.74, 6) is -0.738. The fraction of sp³-hybridized carbons (Fsp3) is 0. The van der Waals surface area contributed by atoms with Crippen LogP contribution >= 0.6 is 11.6 Å². The Kier molecular flexibility index (Phi) is 4.31. The van der Waals surface area contributed by atoms with Gasteiger partial charge in [-0.15, -0.1) is 0 Å². The maximum absolute atomic E-state index is 12.9. The number of carbonyl (C=O) groups excluding carboxylic acids is 1. The van der Waals surface area contributed by atoms with E-state index in [2.05, 4.69) is 5.32 Å². The lowest BCUT2D eigenvalue weighted by Crippen LogP contribution is -2.07. The number of halogens is 2. The Morgan fingerprint density at radius 1 is 1.16 bits per heavy atom. The lowest BCUT2D eigenvalue weighted by atomic mass is 10.2. The summed E-state index contributed by atoms with van der Waals surface area (Å²) in [6.45, 7) is 0. The van der Waals surface area contributed by atoms with Gasteiger partial charge < -0.3 is 5.32 Å². The van der Waals surface area contributed by atoms with Gasteiger partial charge in [-0.1, -0.05) is 35.9 Å². The monoisotopic (exact) mass is 275 g/mol. The highest BCUT2D eigenvalue weighted by Gasteiger charge is 2.00. The van der Waals surface area contributed by atoms with Gasteiger partial charge in [0.2, 0.25) is 5.91 Å². The Labute approximate surface area is 115 Å². The summed E-state index contributed by atoms with van der Waals surface area (Å²) in [6, 6.07) is 12.9. The molecule has 0 aliphatic rings. The van der Waals surface area contributed by atoms with E-state index in [-0.39, 0.29) is 5.91 Å². The third-order valence-electron chi connectivity index (χ3n) is 2.41. The lowest BCUT2D eigenvalue weighted by Gasteiger charge is -2.01. The van der Waals surface area contributed by atoms with E-state index in [9.17, 15) is 9.18 Å². The summed E-state index contributed by atoms with van der Waals surface area (Å²) in [6.07, 6.45) is 2.96. The van der Waals surface area contributed by atoms with Crippen molar-refractivity contribution in [3.63, 3.8) is 0 Å². The van der Waals surface area contributed by atoms with Gasteiger partial charge in [0.25, 0.3) is 0 Å². The van der Waals surface area contributed by atoms with Crippen molar-refractivity contribution < 1.29 is 9.18 Å². The molecule has 0 aliphatic carbocycles. The van der Waals surface area contributed by atoms with Gasteiger partial charge in [-0.3, -0.25) is 4.79 Å². The molecule has 0 saturated heterocycles. The van der Waals surface area contributed by atoms with Gasteiger partial charge in [-0.05, 0) is 35.9 Å². The van der Waals surface area contributed by atoms with E-state index in [4.69, 9.17) is 11.6 Å². The Morgan fingerprint density at radius 3 is 2.68 bits per heavy atom. The molecule has 1 N–H and O–H groups in total. The first kappa shape index (κ1) is 13.3. The third kappa shape index (κ3) is 3.93. The lowest BCUT2D eigenvalue weighted by molar-refractivity contribution is -0.111. The second-order valence-electron chi connectivity index (χ2n) is 3.85. The molecule has 1 amide bonds. The molecule has 0 fully saturated rings. The molecular weight excluding hydrogens is 265 g/mol. The van der Waals surface area contributed by atoms with E-state index in [1.165, 1.54) is 24.3 Å². The molecule has 0 heterocycles. The maximum atomic E-state index is 12.9. The molecule has 0 atom stereocenters. The largest absolute Gasteiger partial charge is 0.322 e. The quantitative estimate of drug-likeness (QED) is 0.839. The van der Waals surface area contributed by atoms with Crippen LogP contribution in [-0.4, -0.2) is 5.91 Å². The molecule has 0 aliphatic heterocycles. The molecule has 0 bridgehead atoms. The van der Waals surface area contributed by atoms with Crippen molar-refractivity contribution in [2.75, 3.05) is 5.32 Å². The molecule has 0 radical (unpaired) electrons. The van der Waals surface area contributed by atoms with Crippen molar-refractivity contribution in [3.8, 4) is 0 Å². The van der Waals surface area contributed by atoms with Crippen LogP contribution in [0, 0.1) is 5.82 Å². The highest BCUT2D eigenvalue weighted by Crippen LogP contribution is 2.16. The second-order valence-corrected chi connectivity index (χ2v) is 4.26. The van der Waals surface area contributed by atoms with Crippen LogP contribution in [0.4, 0.5) is 10.1 Å². The SMILES string of the molecule is O=C(C=Cc1ccccc1Cl)Nc1cccc(F)c1. The molecule has 96 valence electrons. The first-order valence-electron chi connectivity index (χ1n) is 5.64. The van der Waals surface area contributed by atoms with E-state index >= 15 is 0 Å². The number of hydrogen-bond donors (Lipinski definition) is 1. The van der Waals surface area contributed by atoms with Crippen molar-refractivity contribution in [3.05, 3.63) is 71.0 Å².